The smallest absolute Gasteiger partial charge is 0.165 e. The van der Waals surface area contributed by atoms with Gasteiger partial charge in [0.2, 0.25) is 0 Å². The summed E-state index contributed by atoms with van der Waals surface area (Å²) in [5, 5.41) is 0. The SMILES string of the molecule is C1=CC(Oc2ccccc2)=C(Oc2ccccc2)C1.c1ccc(-c2ccc(-c3ccccc3)cc2)cc1. The summed E-state index contributed by atoms with van der Waals surface area (Å²) >= 11 is 0. The lowest BCUT2D eigenvalue weighted by molar-refractivity contribution is 0.359. The predicted molar refractivity (Wildman–Crippen MR) is 152 cm³/mol. The molecule has 6 rings (SSSR count). The van der Waals surface area contributed by atoms with E-state index in [9.17, 15) is 0 Å². The Balaban J connectivity index is 0.000000152. The van der Waals surface area contributed by atoms with Crippen LogP contribution in [0.2, 0.25) is 0 Å². The molecule has 0 bridgehead atoms. The van der Waals surface area contributed by atoms with Gasteiger partial charge in [-0.25, -0.2) is 0 Å². The second-order valence-electron chi connectivity index (χ2n) is 8.53. The Kier molecular flexibility index (Phi) is 7.90. The summed E-state index contributed by atoms with van der Waals surface area (Å²) in [6, 6.07) is 49.1. The zero-order valence-corrected chi connectivity index (χ0v) is 20.5. The van der Waals surface area contributed by atoms with Crippen LogP contribution in [0.3, 0.4) is 0 Å². The first-order valence-corrected chi connectivity index (χ1v) is 12.4. The molecular formula is C35H28O2. The maximum atomic E-state index is 5.85. The molecule has 0 unspecified atom stereocenters. The van der Waals surface area contributed by atoms with Crippen molar-refractivity contribution in [2.75, 3.05) is 0 Å². The monoisotopic (exact) mass is 480 g/mol. The molecule has 0 atom stereocenters. The normalized spacial score (nSPS) is 12.0. The fourth-order valence-corrected chi connectivity index (χ4v) is 4.01. The van der Waals surface area contributed by atoms with Crippen LogP contribution in [-0.4, -0.2) is 0 Å². The minimum Gasteiger partial charge on any atom is -0.458 e. The molecule has 5 aromatic carbocycles. The van der Waals surface area contributed by atoms with E-state index in [0.29, 0.717) is 0 Å². The first-order valence-electron chi connectivity index (χ1n) is 12.4. The van der Waals surface area contributed by atoms with Crippen LogP contribution in [0.5, 0.6) is 11.5 Å². The molecular weight excluding hydrogens is 452 g/mol. The molecule has 0 fully saturated rings. The minimum absolute atomic E-state index is 0.761. The summed E-state index contributed by atoms with van der Waals surface area (Å²) in [5.74, 6) is 3.26. The maximum absolute atomic E-state index is 5.85. The highest BCUT2D eigenvalue weighted by Gasteiger charge is 2.13. The molecule has 2 heteroatoms. The van der Waals surface area contributed by atoms with E-state index in [0.717, 1.165) is 29.4 Å². The van der Waals surface area contributed by atoms with E-state index < -0.39 is 0 Å². The van der Waals surface area contributed by atoms with Crippen LogP contribution >= 0.6 is 0 Å². The van der Waals surface area contributed by atoms with E-state index in [4.69, 9.17) is 9.47 Å². The van der Waals surface area contributed by atoms with Gasteiger partial charge in [-0.05, 0) is 52.6 Å². The number of ether oxygens (including phenoxy) is 2. The largest absolute Gasteiger partial charge is 0.458 e. The molecule has 180 valence electrons. The van der Waals surface area contributed by atoms with Gasteiger partial charge in [0.15, 0.2) is 11.5 Å². The van der Waals surface area contributed by atoms with Gasteiger partial charge in [0.05, 0.1) is 0 Å². The lowest BCUT2D eigenvalue weighted by atomic mass is 10.0. The molecule has 0 radical (unpaired) electrons. The Morgan fingerprint density at radius 2 is 0.757 bits per heavy atom. The third-order valence-corrected chi connectivity index (χ3v) is 5.90. The Labute approximate surface area is 218 Å². The van der Waals surface area contributed by atoms with Gasteiger partial charge < -0.3 is 9.47 Å². The van der Waals surface area contributed by atoms with Crippen LogP contribution in [0.15, 0.2) is 169 Å². The van der Waals surface area contributed by atoms with Gasteiger partial charge in [0.1, 0.15) is 11.5 Å². The third kappa shape index (κ3) is 6.65. The van der Waals surface area contributed by atoms with Crippen LogP contribution < -0.4 is 9.47 Å². The van der Waals surface area contributed by atoms with Gasteiger partial charge in [-0.3, -0.25) is 0 Å². The zero-order chi connectivity index (χ0) is 25.1. The topological polar surface area (TPSA) is 18.5 Å². The number of allylic oxidation sites excluding steroid dienone is 2. The number of hydrogen-bond acceptors (Lipinski definition) is 2. The Hall–Kier alpha value is -4.82. The van der Waals surface area contributed by atoms with Crippen molar-refractivity contribution in [2.24, 2.45) is 0 Å². The Morgan fingerprint density at radius 3 is 1.22 bits per heavy atom. The molecule has 0 amide bonds. The highest BCUT2D eigenvalue weighted by atomic mass is 16.5. The van der Waals surface area contributed by atoms with Crippen molar-refractivity contribution in [2.45, 2.75) is 6.42 Å². The van der Waals surface area contributed by atoms with Crippen molar-refractivity contribution in [3.05, 3.63) is 169 Å². The predicted octanol–water partition coefficient (Wildman–Crippen LogP) is 9.34. The molecule has 1 aliphatic rings. The lowest BCUT2D eigenvalue weighted by Crippen LogP contribution is -2.00. The van der Waals surface area contributed by atoms with Gasteiger partial charge in [0, 0.05) is 6.42 Å². The average molecular weight is 481 g/mol. The molecule has 0 N–H and O–H groups in total. The first kappa shape index (κ1) is 23.9. The molecule has 0 saturated heterocycles. The highest BCUT2D eigenvalue weighted by Crippen LogP contribution is 2.26. The van der Waals surface area contributed by atoms with Crippen molar-refractivity contribution in [3.63, 3.8) is 0 Å². The molecule has 0 aromatic heterocycles. The first-order chi connectivity index (χ1) is 18.3. The summed E-state index contributed by atoms with van der Waals surface area (Å²) in [4.78, 5) is 0. The van der Waals surface area contributed by atoms with Gasteiger partial charge in [-0.2, -0.15) is 0 Å². The van der Waals surface area contributed by atoms with Gasteiger partial charge in [-0.15, -0.1) is 0 Å². The van der Waals surface area contributed by atoms with Gasteiger partial charge in [-0.1, -0.05) is 127 Å². The quantitative estimate of drug-likeness (QED) is 0.241. The summed E-state index contributed by atoms with van der Waals surface area (Å²) < 4.78 is 11.7. The molecule has 37 heavy (non-hydrogen) atoms. The minimum atomic E-state index is 0.761. The fourth-order valence-electron chi connectivity index (χ4n) is 4.01. The Morgan fingerprint density at radius 1 is 0.378 bits per heavy atom. The van der Waals surface area contributed by atoms with E-state index in [1.165, 1.54) is 22.3 Å². The summed E-state index contributed by atoms with van der Waals surface area (Å²) in [7, 11) is 0. The molecule has 0 saturated carbocycles. The van der Waals surface area contributed by atoms with Crippen molar-refractivity contribution in [3.8, 4) is 33.8 Å². The number of hydrogen-bond donors (Lipinski definition) is 0. The zero-order valence-electron chi connectivity index (χ0n) is 20.5. The van der Waals surface area contributed by atoms with Crippen molar-refractivity contribution in [1.82, 2.24) is 0 Å². The molecule has 0 spiro atoms. The second-order valence-corrected chi connectivity index (χ2v) is 8.53. The summed E-state index contributed by atoms with van der Waals surface area (Å²) in [6.07, 6.45) is 4.75. The van der Waals surface area contributed by atoms with Crippen molar-refractivity contribution in [1.29, 1.82) is 0 Å². The van der Waals surface area contributed by atoms with Crippen LogP contribution in [0.4, 0.5) is 0 Å². The summed E-state index contributed by atoms with van der Waals surface area (Å²) in [5.41, 5.74) is 5.04. The fraction of sp³-hybridized carbons (Fsp3) is 0.0286. The van der Waals surface area contributed by atoms with Crippen LogP contribution in [-0.2, 0) is 0 Å². The maximum Gasteiger partial charge on any atom is 0.165 e. The van der Waals surface area contributed by atoms with E-state index in [1.807, 2.05) is 84.9 Å². The molecule has 1 aliphatic carbocycles. The average Bonchev–Trinajstić information content (AvgIpc) is 3.41. The lowest BCUT2D eigenvalue weighted by Gasteiger charge is -2.10. The number of para-hydroxylation sites is 2. The third-order valence-electron chi connectivity index (χ3n) is 5.90. The highest BCUT2D eigenvalue weighted by molar-refractivity contribution is 5.70. The summed E-state index contributed by atoms with van der Waals surface area (Å²) in [6.45, 7) is 0. The van der Waals surface area contributed by atoms with E-state index in [1.54, 1.807) is 0 Å². The van der Waals surface area contributed by atoms with E-state index in [-0.39, 0.29) is 0 Å². The van der Waals surface area contributed by atoms with Crippen molar-refractivity contribution < 1.29 is 9.47 Å². The van der Waals surface area contributed by atoms with Crippen LogP contribution in [0.1, 0.15) is 6.42 Å². The molecule has 5 aromatic rings. The van der Waals surface area contributed by atoms with Crippen LogP contribution in [0.25, 0.3) is 22.3 Å². The van der Waals surface area contributed by atoms with E-state index in [2.05, 4.69) is 72.8 Å². The van der Waals surface area contributed by atoms with Gasteiger partial charge in [0.25, 0.3) is 0 Å². The molecule has 2 nitrogen and oxygen atoms in total. The number of benzene rings is 5. The molecule has 0 heterocycles. The Bertz CT molecular complexity index is 1380. The van der Waals surface area contributed by atoms with E-state index >= 15 is 0 Å². The molecule has 0 aliphatic heterocycles. The number of rotatable bonds is 6. The standard InChI is InChI=1S/C18H14.C17H14O2/c1-3-7-15(8-4-1)17-11-13-18(14-12-17)16-9-5-2-6-10-16;1-3-8-14(9-4-1)18-16-12-7-13-17(16)19-15-10-5-2-6-11-15/h1-14H;1-12H,13H2. The second kappa shape index (κ2) is 12.2. The van der Waals surface area contributed by atoms with Gasteiger partial charge >= 0.3 is 0 Å². The van der Waals surface area contributed by atoms with Crippen LogP contribution in [0, 0.1) is 0 Å². The van der Waals surface area contributed by atoms with Crippen molar-refractivity contribution >= 4 is 0 Å².